The first kappa shape index (κ1) is 18.5. The van der Waals surface area contributed by atoms with E-state index in [1.807, 2.05) is 44.2 Å². The lowest BCUT2D eigenvalue weighted by atomic mass is 10.1. The summed E-state index contributed by atoms with van der Waals surface area (Å²) >= 11 is 0. The quantitative estimate of drug-likeness (QED) is 0.659. The van der Waals surface area contributed by atoms with Gasteiger partial charge in [-0.1, -0.05) is 37.2 Å². The second-order valence-electron chi connectivity index (χ2n) is 6.30. The van der Waals surface area contributed by atoms with Gasteiger partial charge in [0.2, 0.25) is 23.5 Å². The van der Waals surface area contributed by atoms with Crippen LogP contribution in [0.15, 0.2) is 53.2 Å². The van der Waals surface area contributed by atoms with Crippen molar-refractivity contribution in [2.24, 2.45) is 11.7 Å². The highest BCUT2D eigenvalue weighted by Gasteiger charge is 2.18. The largest absolute Gasteiger partial charge is 0.439 e. The Morgan fingerprint density at radius 2 is 2.00 bits per heavy atom. The van der Waals surface area contributed by atoms with E-state index in [2.05, 4.69) is 20.4 Å². The highest BCUT2D eigenvalue weighted by molar-refractivity contribution is 5.81. The van der Waals surface area contributed by atoms with Crippen LogP contribution in [0.1, 0.15) is 19.7 Å². The van der Waals surface area contributed by atoms with E-state index >= 15 is 0 Å². The Morgan fingerprint density at radius 3 is 2.67 bits per heavy atom. The average Bonchev–Trinajstić information content (AvgIpc) is 3.16. The number of hydrogen-bond donors (Lipinski definition) is 2. The molecule has 1 atom stereocenters. The van der Waals surface area contributed by atoms with E-state index in [9.17, 15) is 4.79 Å². The number of para-hydroxylation sites is 1. The van der Waals surface area contributed by atoms with Crippen molar-refractivity contribution in [2.45, 2.75) is 26.4 Å². The number of aromatic nitrogens is 3. The van der Waals surface area contributed by atoms with E-state index in [-0.39, 0.29) is 18.4 Å². The van der Waals surface area contributed by atoms with Gasteiger partial charge in [-0.15, -0.1) is 0 Å². The minimum Gasteiger partial charge on any atom is -0.439 e. The molecule has 0 saturated heterocycles. The molecule has 0 aliphatic rings. The summed E-state index contributed by atoms with van der Waals surface area (Å²) in [7, 11) is 0. The van der Waals surface area contributed by atoms with Gasteiger partial charge in [-0.2, -0.15) is 4.98 Å². The van der Waals surface area contributed by atoms with Crippen LogP contribution in [-0.2, 0) is 11.3 Å². The summed E-state index contributed by atoms with van der Waals surface area (Å²) in [4.78, 5) is 20.4. The van der Waals surface area contributed by atoms with Gasteiger partial charge in [0.15, 0.2) is 0 Å². The van der Waals surface area contributed by atoms with Crippen LogP contribution in [0, 0.1) is 5.92 Å². The Balaban J connectivity index is 1.60. The zero-order valence-electron chi connectivity index (χ0n) is 15.1. The lowest BCUT2D eigenvalue weighted by molar-refractivity contribution is -0.123. The summed E-state index contributed by atoms with van der Waals surface area (Å²) in [6.45, 7) is 3.88. The number of nitrogens with one attached hydrogen (secondary N) is 1. The zero-order valence-corrected chi connectivity index (χ0v) is 15.1. The molecule has 2 aromatic heterocycles. The van der Waals surface area contributed by atoms with Gasteiger partial charge >= 0.3 is 0 Å². The lowest BCUT2D eigenvalue weighted by Crippen LogP contribution is -2.43. The summed E-state index contributed by atoms with van der Waals surface area (Å²) in [6.07, 6.45) is 1.60. The fraction of sp³-hybridized carbons (Fsp3) is 0.263. The predicted molar refractivity (Wildman–Crippen MR) is 98.7 cm³/mol. The highest BCUT2D eigenvalue weighted by Crippen LogP contribution is 2.21. The van der Waals surface area contributed by atoms with Crippen molar-refractivity contribution in [2.75, 3.05) is 0 Å². The van der Waals surface area contributed by atoms with E-state index in [1.165, 1.54) is 0 Å². The van der Waals surface area contributed by atoms with Crippen LogP contribution in [-0.4, -0.2) is 27.1 Å². The third kappa shape index (κ3) is 4.89. The number of carbonyl (C=O) groups is 1. The van der Waals surface area contributed by atoms with Gasteiger partial charge < -0.3 is 20.3 Å². The monoisotopic (exact) mass is 367 g/mol. The molecule has 140 valence electrons. The van der Waals surface area contributed by atoms with Gasteiger partial charge in [0.25, 0.3) is 0 Å². The maximum atomic E-state index is 11.9. The Hall–Kier alpha value is -3.26. The Morgan fingerprint density at radius 1 is 1.22 bits per heavy atom. The number of nitrogens with zero attached hydrogens (tertiary/aromatic N) is 3. The molecule has 8 nitrogen and oxygen atoms in total. The molecule has 2 heterocycles. The molecule has 0 fully saturated rings. The molecular weight excluding hydrogens is 346 g/mol. The second kappa shape index (κ2) is 8.41. The van der Waals surface area contributed by atoms with Crippen LogP contribution in [0.5, 0.6) is 11.6 Å². The molecule has 3 rings (SSSR count). The van der Waals surface area contributed by atoms with Crippen molar-refractivity contribution < 1.29 is 14.1 Å². The molecule has 8 heteroatoms. The second-order valence-corrected chi connectivity index (χ2v) is 6.30. The summed E-state index contributed by atoms with van der Waals surface area (Å²) in [5.74, 6) is 1.63. The molecule has 0 bridgehead atoms. The maximum absolute atomic E-state index is 11.9. The first-order chi connectivity index (χ1) is 13.0. The average molecular weight is 367 g/mol. The van der Waals surface area contributed by atoms with E-state index in [4.69, 9.17) is 15.0 Å². The Labute approximate surface area is 156 Å². The molecule has 1 amide bonds. The molecule has 0 aliphatic carbocycles. The first-order valence-corrected chi connectivity index (χ1v) is 8.58. The normalized spacial score (nSPS) is 12.0. The number of pyridine rings is 1. The number of amides is 1. The topological polar surface area (TPSA) is 116 Å². The molecule has 0 aliphatic heterocycles. The van der Waals surface area contributed by atoms with Crippen molar-refractivity contribution in [1.29, 1.82) is 0 Å². The van der Waals surface area contributed by atoms with Crippen LogP contribution in [0.2, 0.25) is 0 Å². The van der Waals surface area contributed by atoms with Crippen molar-refractivity contribution in [1.82, 2.24) is 20.4 Å². The number of benzene rings is 1. The van der Waals surface area contributed by atoms with E-state index in [1.54, 1.807) is 18.3 Å². The number of carbonyl (C=O) groups excluding carboxylic acids is 1. The van der Waals surface area contributed by atoms with Crippen LogP contribution >= 0.6 is 0 Å². The third-order valence-corrected chi connectivity index (χ3v) is 3.86. The number of rotatable bonds is 7. The number of hydrogen-bond acceptors (Lipinski definition) is 7. The summed E-state index contributed by atoms with van der Waals surface area (Å²) in [5.41, 5.74) is 6.47. The van der Waals surface area contributed by atoms with Gasteiger partial charge in [-0.3, -0.25) is 4.79 Å². The van der Waals surface area contributed by atoms with Gasteiger partial charge in [-0.05, 0) is 24.1 Å². The van der Waals surface area contributed by atoms with Crippen LogP contribution in [0.3, 0.4) is 0 Å². The lowest BCUT2D eigenvalue weighted by Gasteiger charge is -2.14. The molecule has 3 aromatic rings. The SMILES string of the molecule is CC(C)[C@H](N)C(=O)NCc1nc(-c2ccc(Oc3ccccc3)nc2)no1. The van der Waals surface area contributed by atoms with E-state index < -0.39 is 6.04 Å². The molecule has 0 saturated carbocycles. The third-order valence-electron chi connectivity index (χ3n) is 3.86. The minimum atomic E-state index is -0.575. The minimum absolute atomic E-state index is 0.0472. The van der Waals surface area contributed by atoms with Crippen LogP contribution in [0.25, 0.3) is 11.4 Å². The molecule has 0 unspecified atom stereocenters. The Bertz CT molecular complexity index is 878. The number of nitrogens with two attached hydrogens (primary N) is 1. The van der Waals surface area contributed by atoms with Crippen molar-refractivity contribution in [3.8, 4) is 23.0 Å². The zero-order chi connectivity index (χ0) is 19.2. The smallest absolute Gasteiger partial charge is 0.246 e. The predicted octanol–water partition coefficient (Wildman–Crippen LogP) is 2.52. The molecule has 3 N–H and O–H groups in total. The van der Waals surface area contributed by atoms with Crippen molar-refractivity contribution in [3.05, 3.63) is 54.6 Å². The standard InChI is InChI=1S/C19H21N5O3/c1-12(2)17(20)19(25)22-11-16-23-18(24-27-16)13-8-9-15(21-10-13)26-14-6-4-3-5-7-14/h3-10,12,17H,11,20H2,1-2H3,(H,22,25)/t17-/m0/s1. The van der Waals surface area contributed by atoms with Crippen LogP contribution < -0.4 is 15.8 Å². The summed E-state index contributed by atoms with van der Waals surface area (Å²) < 4.78 is 10.8. The van der Waals surface area contributed by atoms with Crippen molar-refractivity contribution in [3.63, 3.8) is 0 Å². The molecule has 0 spiro atoms. The van der Waals surface area contributed by atoms with E-state index in [0.29, 0.717) is 28.9 Å². The highest BCUT2D eigenvalue weighted by atomic mass is 16.5. The molecular formula is C19H21N5O3. The number of ether oxygens (including phenoxy) is 1. The summed E-state index contributed by atoms with van der Waals surface area (Å²) in [5, 5.41) is 6.59. The summed E-state index contributed by atoms with van der Waals surface area (Å²) in [6, 6.07) is 12.3. The fourth-order valence-corrected chi connectivity index (χ4v) is 2.21. The maximum Gasteiger partial charge on any atom is 0.246 e. The first-order valence-electron chi connectivity index (χ1n) is 8.58. The Kier molecular flexibility index (Phi) is 5.77. The van der Waals surface area contributed by atoms with Gasteiger partial charge in [0, 0.05) is 17.8 Å². The van der Waals surface area contributed by atoms with E-state index in [0.717, 1.165) is 0 Å². The molecule has 0 radical (unpaired) electrons. The van der Waals surface area contributed by atoms with Gasteiger partial charge in [0.1, 0.15) is 5.75 Å². The van der Waals surface area contributed by atoms with Crippen molar-refractivity contribution >= 4 is 5.91 Å². The molecule has 27 heavy (non-hydrogen) atoms. The van der Waals surface area contributed by atoms with Crippen LogP contribution in [0.4, 0.5) is 0 Å². The van der Waals surface area contributed by atoms with Gasteiger partial charge in [0.05, 0.1) is 12.6 Å². The molecule has 1 aromatic carbocycles. The van der Waals surface area contributed by atoms with Gasteiger partial charge in [-0.25, -0.2) is 4.98 Å². The fourth-order valence-electron chi connectivity index (χ4n) is 2.21.